The van der Waals surface area contributed by atoms with Gasteiger partial charge in [0.1, 0.15) is 24.2 Å². The molecule has 144 valence electrons. The summed E-state index contributed by atoms with van der Waals surface area (Å²) in [6.07, 6.45) is 0.144. The zero-order valence-electron chi connectivity index (χ0n) is 15.7. The fourth-order valence-electron chi connectivity index (χ4n) is 2.77. The predicted octanol–water partition coefficient (Wildman–Crippen LogP) is 2.28. The molecule has 0 aromatic heterocycles. The lowest BCUT2D eigenvalue weighted by Gasteiger charge is -2.38. The summed E-state index contributed by atoms with van der Waals surface area (Å²) in [6, 6.07) is 6.80. The van der Waals surface area contributed by atoms with Gasteiger partial charge in [-0.15, -0.1) is 0 Å². The Balaban J connectivity index is 1.88. The lowest BCUT2D eigenvalue weighted by atomic mass is 10.1. The smallest absolute Gasteiger partial charge is 0.327 e. The molecule has 0 spiro atoms. The quantitative estimate of drug-likeness (QED) is 0.727. The molecule has 3 amide bonds. The van der Waals surface area contributed by atoms with E-state index in [-0.39, 0.29) is 37.6 Å². The molecule has 0 saturated carbocycles. The molecule has 26 heavy (non-hydrogen) atoms. The van der Waals surface area contributed by atoms with Gasteiger partial charge in [-0.1, -0.05) is 6.92 Å². The van der Waals surface area contributed by atoms with E-state index < -0.39 is 6.10 Å². The first-order valence-corrected chi connectivity index (χ1v) is 9.10. The van der Waals surface area contributed by atoms with Crippen molar-refractivity contribution < 1.29 is 24.2 Å². The third-order valence-corrected chi connectivity index (χ3v) is 4.44. The van der Waals surface area contributed by atoms with E-state index in [1.165, 1.54) is 0 Å². The summed E-state index contributed by atoms with van der Waals surface area (Å²) in [5.41, 5.74) is 0. The molecule has 1 aromatic rings. The molecule has 2 rings (SSSR count). The van der Waals surface area contributed by atoms with Gasteiger partial charge in [-0.3, -0.25) is 9.69 Å². The molecule has 7 heteroatoms. The van der Waals surface area contributed by atoms with Crippen LogP contribution in [0.25, 0.3) is 0 Å². The first kappa shape index (κ1) is 20.0. The summed E-state index contributed by atoms with van der Waals surface area (Å²) >= 11 is 0. The maximum Gasteiger partial charge on any atom is 0.327 e. The second-order valence-electron chi connectivity index (χ2n) is 6.36. The minimum Gasteiger partial charge on any atom is -0.494 e. The molecule has 7 nitrogen and oxygen atoms in total. The van der Waals surface area contributed by atoms with E-state index in [1.54, 1.807) is 29.2 Å². The van der Waals surface area contributed by atoms with Crippen molar-refractivity contribution in [2.75, 3.05) is 26.3 Å². The van der Waals surface area contributed by atoms with Gasteiger partial charge in [0.05, 0.1) is 13.2 Å². The molecule has 0 unspecified atom stereocenters. The number of hydrogen-bond acceptors (Lipinski definition) is 5. The highest BCUT2D eigenvalue weighted by Crippen LogP contribution is 2.19. The highest BCUT2D eigenvalue weighted by atomic mass is 16.5. The standard InChI is InChI=1S/C19H28N2O5/c1-4-14(3)20-11-10-18(23)21(19(20)24)12-15(22)13-26-17-8-6-16(7-9-17)25-5-2/h6-9,14-15,22H,4-5,10-13H2,1-3H3/t14-,15-/m1/s1. The zero-order valence-corrected chi connectivity index (χ0v) is 15.7. The SMILES string of the molecule is CCOc1ccc(OC[C@H](O)CN2C(=O)CCN([C@H](C)CC)C2=O)cc1. The molecule has 1 N–H and O–H groups in total. The Hall–Kier alpha value is -2.28. The Kier molecular flexibility index (Phi) is 7.26. The van der Waals surface area contributed by atoms with Gasteiger partial charge in [0.15, 0.2) is 0 Å². The average molecular weight is 364 g/mol. The van der Waals surface area contributed by atoms with Crippen LogP contribution in [-0.2, 0) is 4.79 Å². The van der Waals surface area contributed by atoms with Crippen molar-refractivity contribution in [3.05, 3.63) is 24.3 Å². The molecular formula is C19H28N2O5. The van der Waals surface area contributed by atoms with E-state index in [2.05, 4.69) is 0 Å². The van der Waals surface area contributed by atoms with Crippen LogP contribution in [0.3, 0.4) is 0 Å². The molecule has 0 bridgehead atoms. The Labute approximate surface area is 154 Å². The molecular weight excluding hydrogens is 336 g/mol. The number of ether oxygens (including phenoxy) is 2. The minimum absolute atomic E-state index is 0.00558. The van der Waals surface area contributed by atoms with Crippen LogP contribution in [-0.4, -0.2) is 65.3 Å². The van der Waals surface area contributed by atoms with Crippen LogP contribution in [0.5, 0.6) is 11.5 Å². The van der Waals surface area contributed by atoms with E-state index in [1.807, 2.05) is 20.8 Å². The van der Waals surface area contributed by atoms with E-state index in [9.17, 15) is 14.7 Å². The van der Waals surface area contributed by atoms with Crippen molar-refractivity contribution in [2.45, 2.75) is 45.8 Å². The zero-order chi connectivity index (χ0) is 19.1. The van der Waals surface area contributed by atoms with Crippen molar-refractivity contribution in [3.8, 4) is 11.5 Å². The van der Waals surface area contributed by atoms with Crippen molar-refractivity contribution >= 4 is 11.9 Å². The number of rotatable bonds is 9. The number of aliphatic hydroxyl groups excluding tert-OH is 1. The number of urea groups is 1. The van der Waals surface area contributed by atoms with E-state index in [0.717, 1.165) is 17.1 Å². The number of amides is 3. The highest BCUT2D eigenvalue weighted by molar-refractivity contribution is 5.97. The summed E-state index contributed by atoms with van der Waals surface area (Å²) in [6.45, 7) is 6.81. The molecule has 1 aliphatic rings. The number of carbonyl (C=O) groups excluding carboxylic acids is 2. The first-order chi connectivity index (χ1) is 12.5. The Morgan fingerprint density at radius 2 is 1.73 bits per heavy atom. The monoisotopic (exact) mass is 364 g/mol. The maximum atomic E-state index is 12.5. The van der Waals surface area contributed by atoms with E-state index >= 15 is 0 Å². The number of imide groups is 1. The van der Waals surface area contributed by atoms with Gasteiger partial charge in [-0.25, -0.2) is 4.79 Å². The van der Waals surface area contributed by atoms with Crippen LogP contribution >= 0.6 is 0 Å². The summed E-state index contributed by atoms with van der Waals surface area (Å²) in [7, 11) is 0. The van der Waals surface area contributed by atoms with Gasteiger partial charge in [0.2, 0.25) is 5.91 Å². The van der Waals surface area contributed by atoms with Crippen LogP contribution < -0.4 is 9.47 Å². The van der Waals surface area contributed by atoms with Crippen LogP contribution in [0.15, 0.2) is 24.3 Å². The second kappa shape index (κ2) is 9.43. The molecule has 0 radical (unpaired) electrons. The fourth-order valence-corrected chi connectivity index (χ4v) is 2.77. The number of benzene rings is 1. The maximum absolute atomic E-state index is 12.5. The summed E-state index contributed by atoms with van der Waals surface area (Å²) in [5.74, 6) is 1.08. The van der Waals surface area contributed by atoms with Crippen molar-refractivity contribution in [1.82, 2.24) is 9.80 Å². The fraction of sp³-hybridized carbons (Fsp3) is 0.579. The number of carbonyl (C=O) groups is 2. The molecule has 0 aliphatic carbocycles. The average Bonchev–Trinajstić information content (AvgIpc) is 2.64. The number of β-amino-alcohol motifs (C(OH)–C–C–N with tert-alkyl or cyclic N) is 1. The van der Waals surface area contributed by atoms with Gasteiger partial charge in [-0.2, -0.15) is 0 Å². The molecule has 1 aromatic carbocycles. The summed E-state index contributed by atoms with van der Waals surface area (Å²) in [4.78, 5) is 27.4. The summed E-state index contributed by atoms with van der Waals surface area (Å²) in [5, 5.41) is 10.2. The number of nitrogens with zero attached hydrogens (tertiary/aromatic N) is 2. The Morgan fingerprint density at radius 3 is 2.31 bits per heavy atom. The molecule has 1 aliphatic heterocycles. The first-order valence-electron chi connectivity index (χ1n) is 9.10. The van der Waals surface area contributed by atoms with Gasteiger partial charge >= 0.3 is 6.03 Å². The number of hydrogen-bond donors (Lipinski definition) is 1. The van der Waals surface area contributed by atoms with Crippen molar-refractivity contribution in [1.29, 1.82) is 0 Å². The number of aliphatic hydroxyl groups is 1. The third kappa shape index (κ3) is 5.11. The van der Waals surface area contributed by atoms with Gasteiger partial charge in [0, 0.05) is 19.0 Å². The van der Waals surface area contributed by atoms with Gasteiger partial charge < -0.3 is 19.5 Å². The lowest BCUT2D eigenvalue weighted by molar-refractivity contribution is -0.132. The highest BCUT2D eigenvalue weighted by Gasteiger charge is 2.35. The topological polar surface area (TPSA) is 79.3 Å². The van der Waals surface area contributed by atoms with E-state index in [0.29, 0.717) is 18.9 Å². The third-order valence-electron chi connectivity index (χ3n) is 4.44. The molecule has 2 atom stereocenters. The summed E-state index contributed by atoms with van der Waals surface area (Å²) < 4.78 is 10.9. The Bertz CT molecular complexity index is 604. The van der Waals surface area contributed by atoms with Crippen LogP contribution in [0, 0.1) is 0 Å². The Morgan fingerprint density at radius 1 is 1.12 bits per heavy atom. The van der Waals surface area contributed by atoms with Crippen LogP contribution in [0.1, 0.15) is 33.6 Å². The lowest BCUT2D eigenvalue weighted by Crippen LogP contribution is -2.56. The predicted molar refractivity (Wildman–Crippen MR) is 97.3 cm³/mol. The van der Waals surface area contributed by atoms with Crippen molar-refractivity contribution in [2.24, 2.45) is 0 Å². The molecule has 1 heterocycles. The van der Waals surface area contributed by atoms with E-state index in [4.69, 9.17) is 9.47 Å². The molecule has 1 fully saturated rings. The largest absolute Gasteiger partial charge is 0.494 e. The van der Waals surface area contributed by atoms with Crippen molar-refractivity contribution in [3.63, 3.8) is 0 Å². The van der Waals surface area contributed by atoms with Crippen LogP contribution in [0.4, 0.5) is 4.79 Å². The van der Waals surface area contributed by atoms with Crippen LogP contribution in [0.2, 0.25) is 0 Å². The minimum atomic E-state index is -0.952. The molecule has 1 saturated heterocycles. The second-order valence-corrected chi connectivity index (χ2v) is 6.36. The normalized spacial score (nSPS) is 17.2. The van der Waals surface area contributed by atoms with Gasteiger partial charge in [-0.05, 0) is 44.5 Å². The van der Waals surface area contributed by atoms with Gasteiger partial charge in [0.25, 0.3) is 0 Å².